The van der Waals surface area contributed by atoms with Crippen LogP contribution in [0.3, 0.4) is 0 Å². The molecule has 4 N–H and O–H groups in total. The molecule has 12 heteroatoms. The summed E-state index contributed by atoms with van der Waals surface area (Å²) in [6, 6.07) is 9.81. The van der Waals surface area contributed by atoms with Crippen LogP contribution in [-0.4, -0.2) is 25.1 Å². The highest BCUT2D eigenvalue weighted by Crippen LogP contribution is 2.29. The third kappa shape index (κ3) is 7.37. The van der Waals surface area contributed by atoms with E-state index >= 15 is 0 Å². The minimum atomic E-state index is -4.49. The normalized spacial score (nSPS) is 11.8. The number of nitrogens with two attached hydrogens (primary N) is 2. The highest BCUT2D eigenvalue weighted by molar-refractivity contribution is 5.44. The van der Waals surface area contributed by atoms with Crippen molar-refractivity contribution in [2.24, 2.45) is 0 Å². The molecule has 0 fully saturated rings. The lowest BCUT2D eigenvalue weighted by atomic mass is 10.3. The van der Waals surface area contributed by atoms with Gasteiger partial charge in [-0.2, -0.15) is 35.1 Å². The van der Waals surface area contributed by atoms with Gasteiger partial charge in [-0.25, -0.2) is 0 Å². The van der Waals surface area contributed by atoms with E-state index < -0.39 is 36.6 Å². The number of nitrogen functional groups attached to an aromatic ring is 2. The molecule has 0 aliphatic heterocycles. The number of ether oxygens (including phenoxy) is 2. The van der Waals surface area contributed by atoms with E-state index in [2.05, 4.69) is 9.47 Å². The first kappa shape index (κ1) is 23.1. The number of hydrogen-bond acceptors (Lipinski definition) is 4. The fourth-order valence-corrected chi connectivity index (χ4v) is 1.56. The van der Waals surface area contributed by atoms with Crippen LogP contribution in [0.1, 0.15) is 0 Å². The lowest BCUT2D eigenvalue weighted by Crippen LogP contribution is -2.33. The molecule has 2 rings (SSSR count). The van der Waals surface area contributed by atoms with Crippen LogP contribution in [0.25, 0.3) is 0 Å². The molecule has 4 nitrogen and oxygen atoms in total. The highest BCUT2D eigenvalue weighted by Gasteiger charge is 2.44. The standard InChI is InChI=1S/2C8H7F4NO/c2*9-7(10)8(11,12)14-6-3-1-2-5(13)4-6/h2*1-4,7H,13H2. The maximum absolute atomic E-state index is 12.4. The highest BCUT2D eigenvalue weighted by atomic mass is 19.3. The van der Waals surface area contributed by atoms with Gasteiger partial charge in [0.25, 0.3) is 0 Å². The van der Waals surface area contributed by atoms with Crippen LogP contribution in [0.15, 0.2) is 48.5 Å². The van der Waals surface area contributed by atoms with Crippen LogP contribution in [-0.2, 0) is 0 Å². The maximum atomic E-state index is 12.4. The Hall–Kier alpha value is -2.92. The fraction of sp³-hybridized carbons (Fsp3) is 0.250. The molecule has 28 heavy (non-hydrogen) atoms. The van der Waals surface area contributed by atoms with Gasteiger partial charge in [0.1, 0.15) is 11.5 Å². The van der Waals surface area contributed by atoms with Crippen molar-refractivity contribution in [2.75, 3.05) is 11.5 Å². The number of anilines is 2. The van der Waals surface area contributed by atoms with Gasteiger partial charge in [-0.05, 0) is 24.3 Å². The average Bonchev–Trinajstić information content (AvgIpc) is 2.54. The fourth-order valence-electron chi connectivity index (χ4n) is 1.56. The Labute approximate surface area is 153 Å². The summed E-state index contributed by atoms with van der Waals surface area (Å²) in [4.78, 5) is 0. The Morgan fingerprint density at radius 3 is 1.21 bits per heavy atom. The zero-order valence-electron chi connectivity index (χ0n) is 13.8. The molecule has 0 aliphatic carbocycles. The van der Waals surface area contributed by atoms with Gasteiger partial charge >= 0.3 is 25.1 Å². The predicted molar refractivity (Wildman–Crippen MR) is 84.9 cm³/mol. The van der Waals surface area contributed by atoms with E-state index in [1.165, 1.54) is 24.3 Å². The molecule has 0 aliphatic rings. The van der Waals surface area contributed by atoms with Crippen molar-refractivity contribution in [3.05, 3.63) is 48.5 Å². The van der Waals surface area contributed by atoms with Gasteiger partial charge in [-0.1, -0.05) is 12.1 Å². The largest absolute Gasteiger partial charge is 0.461 e. The van der Waals surface area contributed by atoms with Gasteiger partial charge in [-0.15, -0.1) is 0 Å². The van der Waals surface area contributed by atoms with Gasteiger partial charge in [-0.3, -0.25) is 0 Å². The van der Waals surface area contributed by atoms with Crippen LogP contribution in [0, 0.1) is 0 Å². The minimum absolute atomic E-state index is 0.160. The molecule has 0 heterocycles. The predicted octanol–water partition coefficient (Wildman–Crippen LogP) is 5.01. The molecule has 0 amide bonds. The van der Waals surface area contributed by atoms with Gasteiger partial charge < -0.3 is 20.9 Å². The summed E-state index contributed by atoms with van der Waals surface area (Å²) in [5, 5.41) is 0. The second-order valence-corrected chi connectivity index (χ2v) is 5.07. The molecule has 0 saturated heterocycles. The second kappa shape index (κ2) is 9.33. The zero-order valence-corrected chi connectivity index (χ0v) is 13.8. The first-order chi connectivity index (χ1) is 12.8. The van der Waals surface area contributed by atoms with Crippen molar-refractivity contribution < 1.29 is 44.6 Å². The molecule has 0 unspecified atom stereocenters. The Bertz CT molecular complexity index is 695. The van der Waals surface area contributed by atoms with Crippen molar-refractivity contribution in [3.8, 4) is 11.5 Å². The molecule has 0 aromatic heterocycles. The topological polar surface area (TPSA) is 70.5 Å². The Balaban J connectivity index is 0.000000280. The minimum Gasteiger partial charge on any atom is -0.428 e. The Morgan fingerprint density at radius 1 is 0.643 bits per heavy atom. The van der Waals surface area contributed by atoms with Gasteiger partial charge in [0.2, 0.25) is 0 Å². The lowest BCUT2D eigenvalue weighted by Gasteiger charge is -2.16. The summed E-state index contributed by atoms with van der Waals surface area (Å²) >= 11 is 0. The summed E-state index contributed by atoms with van der Waals surface area (Å²) in [6.07, 6.45) is -16.7. The molecule has 0 atom stereocenters. The van der Waals surface area contributed by atoms with Crippen LogP contribution < -0.4 is 20.9 Å². The second-order valence-electron chi connectivity index (χ2n) is 5.07. The molecule has 2 aromatic carbocycles. The van der Waals surface area contributed by atoms with Crippen LogP contribution in [0.2, 0.25) is 0 Å². The molecule has 0 radical (unpaired) electrons. The van der Waals surface area contributed by atoms with E-state index in [9.17, 15) is 35.1 Å². The van der Waals surface area contributed by atoms with Gasteiger partial charge in [0.15, 0.2) is 0 Å². The van der Waals surface area contributed by atoms with Crippen LogP contribution >= 0.6 is 0 Å². The molecule has 156 valence electrons. The van der Waals surface area contributed by atoms with E-state index in [0.717, 1.165) is 24.3 Å². The Morgan fingerprint density at radius 2 is 0.964 bits per heavy atom. The van der Waals surface area contributed by atoms with Crippen molar-refractivity contribution in [3.63, 3.8) is 0 Å². The summed E-state index contributed by atoms with van der Waals surface area (Å²) < 4.78 is 104. The zero-order chi connectivity index (χ0) is 21.5. The summed E-state index contributed by atoms with van der Waals surface area (Å²) in [5.74, 6) is -0.786. The molecule has 2 aromatic rings. The third-order valence-electron chi connectivity index (χ3n) is 2.73. The van der Waals surface area contributed by atoms with Crippen LogP contribution in [0.4, 0.5) is 46.5 Å². The maximum Gasteiger partial charge on any atom is 0.461 e. The first-order valence-corrected chi connectivity index (χ1v) is 7.24. The average molecular weight is 418 g/mol. The molecule has 0 saturated carbocycles. The quantitative estimate of drug-likeness (QED) is 0.511. The van der Waals surface area contributed by atoms with E-state index in [1.807, 2.05) is 0 Å². The summed E-state index contributed by atoms with van der Waals surface area (Å²) in [6.45, 7) is 0. The van der Waals surface area contributed by atoms with E-state index in [4.69, 9.17) is 11.5 Å². The summed E-state index contributed by atoms with van der Waals surface area (Å²) in [7, 11) is 0. The SMILES string of the molecule is Nc1cccc(OC(F)(F)C(F)F)c1.Nc1cccc(OC(F)(F)C(F)F)c1. The molecular formula is C16H14F8N2O2. The van der Waals surface area contributed by atoms with Gasteiger partial charge in [0, 0.05) is 23.5 Å². The number of rotatable bonds is 6. The third-order valence-corrected chi connectivity index (χ3v) is 2.73. The number of benzene rings is 2. The molecule has 0 spiro atoms. The number of alkyl halides is 8. The molecule has 0 bridgehead atoms. The molecular weight excluding hydrogens is 404 g/mol. The van der Waals surface area contributed by atoms with Crippen molar-refractivity contribution in [1.29, 1.82) is 0 Å². The Kier molecular flexibility index (Phi) is 7.70. The number of hydrogen-bond donors (Lipinski definition) is 2. The van der Waals surface area contributed by atoms with Crippen molar-refractivity contribution in [1.82, 2.24) is 0 Å². The lowest BCUT2D eigenvalue weighted by molar-refractivity contribution is -0.253. The smallest absolute Gasteiger partial charge is 0.428 e. The van der Waals surface area contributed by atoms with Crippen molar-refractivity contribution >= 4 is 11.4 Å². The van der Waals surface area contributed by atoms with E-state index in [-0.39, 0.29) is 11.4 Å². The van der Waals surface area contributed by atoms with Crippen molar-refractivity contribution in [2.45, 2.75) is 25.1 Å². The monoisotopic (exact) mass is 418 g/mol. The van der Waals surface area contributed by atoms with Crippen LogP contribution in [0.5, 0.6) is 11.5 Å². The van der Waals surface area contributed by atoms with E-state index in [0.29, 0.717) is 0 Å². The number of halogens is 8. The first-order valence-electron chi connectivity index (χ1n) is 7.24. The van der Waals surface area contributed by atoms with Gasteiger partial charge in [0.05, 0.1) is 0 Å². The summed E-state index contributed by atoms with van der Waals surface area (Å²) in [5.41, 5.74) is 10.8. The van der Waals surface area contributed by atoms with E-state index in [1.54, 1.807) is 0 Å².